The van der Waals surface area contributed by atoms with E-state index >= 15 is 0 Å². The fraction of sp³-hybridized carbons (Fsp3) is 0.370. The number of benzene rings is 1. The molecule has 0 radical (unpaired) electrons. The van der Waals surface area contributed by atoms with Gasteiger partial charge in [0.15, 0.2) is 5.76 Å². The highest BCUT2D eigenvalue weighted by atomic mass is 32.1. The molecule has 0 aliphatic heterocycles. The Kier molecular flexibility index (Phi) is 7.92. The molecule has 9 nitrogen and oxygen atoms in total. The number of nitrogens with zero attached hydrogens (tertiary/aromatic N) is 5. The molecule has 1 fully saturated rings. The molecule has 1 N–H and O–H groups in total. The number of amides is 2. The molecular weight excluding hydrogens is 507 g/mol. The Morgan fingerprint density at radius 3 is 2.63 bits per heavy atom. The average molecular weight is 537 g/mol. The first-order chi connectivity index (χ1) is 18.5. The van der Waals surface area contributed by atoms with Crippen molar-refractivity contribution in [2.75, 3.05) is 0 Å². The van der Waals surface area contributed by atoms with Gasteiger partial charge < -0.3 is 14.6 Å². The van der Waals surface area contributed by atoms with E-state index in [1.54, 1.807) is 24.3 Å². The Hall–Kier alpha value is -3.86. The molecule has 0 bridgehead atoms. The molecule has 1 unspecified atom stereocenters. The van der Waals surface area contributed by atoms with Crippen LogP contribution in [-0.4, -0.2) is 43.0 Å². The summed E-state index contributed by atoms with van der Waals surface area (Å²) in [7, 11) is 0. The van der Waals surface area contributed by atoms with Crippen LogP contribution < -0.4 is 5.32 Å². The third-order valence-corrected chi connectivity index (χ3v) is 7.48. The van der Waals surface area contributed by atoms with E-state index < -0.39 is 11.9 Å². The van der Waals surface area contributed by atoms with Crippen LogP contribution in [-0.2, 0) is 22.7 Å². The molecule has 1 aliphatic carbocycles. The lowest BCUT2D eigenvalue weighted by Crippen LogP contribution is -2.47. The summed E-state index contributed by atoms with van der Waals surface area (Å²) >= 11 is 1.49. The topological polar surface area (TPSA) is 106 Å². The van der Waals surface area contributed by atoms with Crippen molar-refractivity contribution >= 4 is 23.2 Å². The molecule has 198 valence electrons. The van der Waals surface area contributed by atoms with Crippen LogP contribution in [0.1, 0.15) is 54.3 Å². The SMILES string of the molecule is Cc1ccc(-c2nnn(CC(=O)N(Cc3cccs3)C(C(=O)NC3CCCCC3)c3ccc(F)cc3)n2)o1. The van der Waals surface area contributed by atoms with Gasteiger partial charge in [0, 0.05) is 10.9 Å². The number of hydrogen-bond donors (Lipinski definition) is 1. The van der Waals surface area contributed by atoms with Gasteiger partial charge in [-0.05, 0) is 66.3 Å². The molecule has 4 aromatic rings. The Balaban J connectivity index is 1.44. The summed E-state index contributed by atoms with van der Waals surface area (Å²) in [6, 6.07) is 12.2. The molecule has 11 heteroatoms. The number of hydrogen-bond acceptors (Lipinski definition) is 7. The molecule has 38 heavy (non-hydrogen) atoms. The lowest BCUT2D eigenvalue weighted by molar-refractivity contribution is -0.142. The van der Waals surface area contributed by atoms with E-state index in [-0.39, 0.29) is 36.8 Å². The number of aromatic nitrogens is 4. The molecule has 1 aliphatic rings. The number of aryl methyl sites for hydroxylation is 1. The normalized spacial score (nSPS) is 14.8. The van der Waals surface area contributed by atoms with Crippen LogP contribution in [0.15, 0.2) is 58.3 Å². The first kappa shape index (κ1) is 25.8. The van der Waals surface area contributed by atoms with Crippen molar-refractivity contribution in [2.45, 2.75) is 64.2 Å². The van der Waals surface area contributed by atoms with Crippen LogP contribution in [0.25, 0.3) is 11.6 Å². The Labute approximate surface area is 223 Å². The van der Waals surface area contributed by atoms with E-state index in [0.717, 1.165) is 37.0 Å². The van der Waals surface area contributed by atoms with Crippen molar-refractivity contribution in [3.63, 3.8) is 0 Å². The zero-order valence-corrected chi connectivity index (χ0v) is 21.9. The molecule has 0 saturated heterocycles. The lowest BCUT2D eigenvalue weighted by Gasteiger charge is -2.33. The third-order valence-electron chi connectivity index (χ3n) is 6.61. The maximum absolute atomic E-state index is 13.8. The molecule has 1 saturated carbocycles. The van der Waals surface area contributed by atoms with Gasteiger partial charge in [-0.2, -0.15) is 4.80 Å². The molecule has 2 amide bonds. The second kappa shape index (κ2) is 11.7. The number of rotatable bonds is 9. The predicted octanol–water partition coefficient (Wildman–Crippen LogP) is 4.66. The molecule has 1 atom stereocenters. The predicted molar refractivity (Wildman–Crippen MR) is 139 cm³/mol. The van der Waals surface area contributed by atoms with Gasteiger partial charge >= 0.3 is 0 Å². The Morgan fingerprint density at radius 1 is 1.16 bits per heavy atom. The third kappa shape index (κ3) is 6.16. The van der Waals surface area contributed by atoms with Crippen molar-refractivity contribution in [1.29, 1.82) is 0 Å². The van der Waals surface area contributed by atoms with Crippen molar-refractivity contribution in [3.8, 4) is 11.6 Å². The fourth-order valence-corrected chi connectivity index (χ4v) is 5.42. The monoisotopic (exact) mass is 536 g/mol. The average Bonchev–Trinajstić information content (AvgIpc) is 3.68. The number of carbonyl (C=O) groups is 2. The second-order valence-electron chi connectivity index (χ2n) is 9.45. The van der Waals surface area contributed by atoms with E-state index in [4.69, 9.17) is 4.42 Å². The van der Waals surface area contributed by atoms with Gasteiger partial charge in [-0.25, -0.2) is 4.39 Å². The molecule has 0 spiro atoms. The maximum atomic E-state index is 13.8. The number of nitrogens with one attached hydrogen (secondary N) is 1. The smallest absolute Gasteiger partial charge is 0.247 e. The van der Waals surface area contributed by atoms with Gasteiger partial charge in [0.1, 0.15) is 24.2 Å². The van der Waals surface area contributed by atoms with Crippen molar-refractivity contribution in [3.05, 3.63) is 75.9 Å². The standard InChI is InChI=1S/C27H29FN6O3S/c1-18-9-14-23(37-18)26-30-32-34(31-26)17-24(35)33(16-22-8-5-15-38-22)25(19-10-12-20(28)13-11-19)27(36)29-21-6-3-2-4-7-21/h5,8-15,21,25H,2-4,6-7,16-17H2,1H3,(H,29,36). The largest absolute Gasteiger partial charge is 0.458 e. The van der Waals surface area contributed by atoms with Gasteiger partial charge in [-0.15, -0.1) is 21.5 Å². The molecule has 3 aromatic heterocycles. The van der Waals surface area contributed by atoms with Gasteiger partial charge in [0.05, 0.1) is 6.54 Å². The van der Waals surface area contributed by atoms with E-state index in [1.165, 1.54) is 33.2 Å². The quantitative estimate of drug-likeness (QED) is 0.334. The molecule has 5 rings (SSSR count). The van der Waals surface area contributed by atoms with E-state index in [2.05, 4.69) is 20.7 Å². The van der Waals surface area contributed by atoms with E-state index in [9.17, 15) is 14.0 Å². The Morgan fingerprint density at radius 2 is 1.95 bits per heavy atom. The first-order valence-electron chi connectivity index (χ1n) is 12.7. The highest BCUT2D eigenvalue weighted by Gasteiger charge is 2.33. The maximum Gasteiger partial charge on any atom is 0.247 e. The summed E-state index contributed by atoms with van der Waals surface area (Å²) in [6.45, 7) is 1.79. The van der Waals surface area contributed by atoms with Gasteiger partial charge in [0.25, 0.3) is 0 Å². The van der Waals surface area contributed by atoms with Gasteiger partial charge in [-0.1, -0.05) is 37.5 Å². The minimum atomic E-state index is -0.956. The van der Waals surface area contributed by atoms with Crippen LogP contribution in [0, 0.1) is 12.7 Å². The van der Waals surface area contributed by atoms with E-state index in [0.29, 0.717) is 17.1 Å². The minimum absolute atomic E-state index is 0.0502. The minimum Gasteiger partial charge on any atom is -0.458 e. The van der Waals surface area contributed by atoms with Crippen LogP contribution >= 0.6 is 11.3 Å². The number of carbonyl (C=O) groups excluding carboxylic acids is 2. The zero-order valence-electron chi connectivity index (χ0n) is 21.0. The number of halogens is 1. The van der Waals surface area contributed by atoms with Crippen LogP contribution in [0.5, 0.6) is 0 Å². The fourth-order valence-electron chi connectivity index (χ4n) is 4.71. The summed E-state index contributed by atoms with van der Waals surface area (Å²) in [4.78, 5) is 31.2. The van der Waals surface area contributed by atoms with Gasteiger partial charge in [0.2, 0.25) is 17.6 Å². The number of tetrazole rings is 1. The molecule has 1 aromatic carbocycles. The second-order valence-corrected chi connectivity index (χ2v) is 10.5. The molecular formula is C27H29FN6O3S. The zero-order chi connectivity index (χ0) is 26.5. The Bertz CT molecular complexity index is 1360. The first-order valence-corrected chi connectivity index (χ1v) is 13.6. The highest BCUT2D eigenvalue weighted by molar-refractivity contribution is 7.09. The van der Waals surface area contributed by atoms with Gasteiger partial charge in [-0.3, -0.25) is 9.59 Å². The van der Waals surface area contributed by atoms with Crippen LogP contribution in [0.4, 0.5) is 4.39 Å². The lowest BCUT2D eigenvalue weighted by atomic mass is 9.94. The van der Waals surface area contributed by atoms with Crippen molar-refractivity contribution in [1.82, 2.24) is 30.4 Å². The number of thiophene rings is 1. The summed E-state index contributed by atoms with van der Waals surface area (Å²) in [6.07, 6.45) is 5.07. The molecule has 3 heterocycles. The van der Waals surface area contributed by atoms with E-state index in [1.807, 2.05) is 24.4 Å². The summed E-state index contributed by atoms with van der Waals surface area (Å²) in [5, 5.41) is 17.4. The number of furan rings is 1. The summed E-state index contributed by atoms with van der Waals surface area (Å²) in [5.74, 6) is 0.357. The van der Waals surface area contributed by atoms with Crippen LogP contribution in [0.3, 0.4) is 0 Å². The summed E-state index contributed by atoms with van der Waals surface area (Å²) < 4.78 is 19.4. The summed E-state index contributed by atoms with van der Waals surface area (Å²) in [5.41, 5.74) is 0.530. The highest BCUT2D eigenvalue weighted by Crippen LogP contribution is 2.27. The van der Waals surface area contributed by atoms with Crippen molar-refractivity contribution in [2.24, 2.45) is 0 Å². The van der Waals surface area contributed by atoms with Crippen molar-refractivity contribution < 1.29 is 18.4 Å². The van der Waals surface area contributed by atoms with Crippen LogP contribution in [0.2, 0.25) is 0 Å².